The van der Waals surface area contributed by atoms with Crippen LogP contribution in [0.4, 0.5) is 0 Å². The maximum atomic E-state index is 12.2. The van der Waals surface area contributed by atoms with Crippen molar-refractivity contribution in [1.29, 1.82) is 0 Å². The molecule has 5 heteroatoms. The number of aromatic nitrogens is 1. The van der Waals surface area contributed by atoms with Gasteiger partial charge in [-0.3, -0.25) is 9.78 Å². The molecule has 0 amide bonds. The number of carbonyl (C=O) groups is 1. The monoisotopic (exact) mass is 943 g/mol. The molecule has 6 rings (SSSR count). The first-order valence-electron chi connectivity index (χ1n) is 20.1. The zero-order valence-electron chi connectivity index (χ0n) is 35.3. The van der Waals surface area contributed by atoms with E-state index in [0.717, 1.165) is 54.3 Å². The van der Waals surface area contributed by atoms with Crippen molar-refractivity contribution < 1.29 is 30.0 Å². The molecule has 0 bridgehead atoms. The first kappa shape index (κ1) is 44.8. The topological polar surface area (TPSA) is 50.2 Å². The van der Waals surface area contributed by atoms with Crippen LogP contribution in [0.1, 0.15) is 103 Å². The summed E-state index contributed by atoms with van der Waals surface area (Å²) >= 11 is 1.80. The van der Waals surface area contributed by atoms with Crippen LogP contribution in [0.2, 0.25) is 0 Å². The Bertz CT molecular complexity index is 2290. The Balaban J connectivity index is 0.000000330. The van der Waals surface area contributed by atoms with E-state index in [2.05, 4.69) is 125 Å². The van der Waals surface area contributed by atoms with Crippen LogP contribution in [0, 0.1) is 43.6 Å². The number of hydrogen-bond acceptors (Lipinski definition) is 4. The molecule has 3 nitrogen and oxygen atoms in total. The molecule has 4 aromatic carbocycles. The van der Waals surface area contributed by atoms with E-state index in [4.69, 9.17) is 4.98 Å². The number of pyridine rings is 1. The Kier molecular flexibility index (Phi) is 15.2. The fourth-order valence-corrected chi connectivity index (χ4v) is 8.43. The second-order valence-electron chi connectivity index (χ2n) is 16.3. The van der Waals surface area contributed by atoms with Crippen molar-refractivity contribution in [2.45, 2.75) is 108 Å². The van der Waals surface area contributed by atoms with Gasteiger partial charge in [0, 0.05) is 42.7 Å². The van der Waals surface area contributed by atoms with Gasteiger partial charge in [0.05, 0.1) is 10.2 Å². The van der Waals surface area contributed by atoms with E-state index in [0.29, 0.717) is 5.92 Å². The van der Waals surface area contributed by atoms with E-state index in [1.54, 1.807) is 11.3 Å². The molecule has 1 radical (unpaired) electrons. The summed E-state index contributed by atoms with van der Waals surface area (Å²) in [5, 5.41) is 14.7. The first-order chi connectivity index (χ1) is 26.2. The molecule has 56 heavy (non-hydrogen) atoms. The summed E-state index contributed by atoms with van der Waals surface area (Å²) in [7, 11) is 0. The summed E-state index contributed by atoms with van der Waals surface area (Å²) in [6, 6.07) is 32.2. The second kappa shape index (κ2) is 19.0. The average Bonchev–Trinajstić information content (AvgIpc) is 3.56. The third-order valence-corrected chi connectivity index (χ3v) is 13.1. The number of ketones is 1. The van der Waals surface area contributed by atoms with E-state index in [1.165, 1.54) is 60.7 Å². The minimum atomic E-state index is -0.337. The molecule has 297 valence electrons. The van der Waals surface area contributed by atoms with Crippen LogP contribution in [-0.2, 0) is 31.3 Å². The zero-order chi connectivity index (χ0) is 40.1. The van der Waals surface area contributed by atoms with E-state index < -0.39 is 0 Å². The fraction of sp³-hybridized carbons (Fsp3) is 0.373. The number of hydrogen-bond donors (Lipinski definition) is 1. The third-order valence-electron chi connectivity index (χ3n) is 11.9. The molecule has 0 atom stereocenters. The molecule has 0 aliphatic carbocycles. The Labute approximate surface area is 354 Å². The van der Waals surface area contributed by atoms with Gasteiger partial charge in [-0.1, -0.05) is 139 Å². The average molecular weight is 943 g/mol. The van der Waals surface area contributed by atoms with Crippen molar-refractivity contribution in [2.24, 2.45) is 16.7 Å². The van der Waals surface area contributed by atoms with Crippen molar-refractivity contribution in [3.8, 4) is 33.5 Å². The molecule has 2 heterocycles. The maximum absolute atomic E-state index is 12.2. The summed E-state index contributed by atoms with van der Waals surface area (Å²) in [6.07, 6.45) is 5.86. The third kappa shape index (κ3) is 9.62. The van der Waals surface area contributed by atoms with Gasteiger partial charge in [-0.15, -0.1) is 34.9 Å². The van der Waals surface area contributed by atoms with Gasteiger partial charge in [0.2, 0.25) is 0 Å². The number of allylic oxidation sites excluding steroid dienone is 2. The molecular formula is C51H60IrNO2S-. The largest absolute Gasteiger partial charge is 0.512 e. The smallest absolute Gasteiger partial charge is 0.164 e. The minimum absolute atomic E-state index is 0. The van der Waals surface area contributed by atoms with Gasteiger partial charge in [-0.25, -0.2) is 0 Å². The molecule has 0 saturated heterocycles. The SMILES string of the molecule is CCC(C)(CC)C(=O)/C=C(\O)C(C)(CC)CC.Cc1cc(CC(C)C)cc(C)c1-c1cc(-c2[c-]c3ccccc3c(-c3ccccc3)c2)nc2c(C)csc12.[Ir]. The van der Waals surface area contributed by atoms with Gasteiger partial charge in [-0.05, 0) is 103 Å². The molecule has 0 fully saturated rings. The molecule has 0 aliphatic heterocycles. The van der Waals surface area contributed by atoms with Crippen LogP contribution in [0.15, 0.2) is 96.1 Å². The molecule has 0 spiro atoms. The van der Waals surface area contributed by atoms with E-state index in [-0.39, 0.29) is 42.5 Å². The van der Waals surface area contributed by atoms with Crippen molar-refractivity contribution >= 4 is 38.1 Å². The van der Waals surface area contributed by atoms with Crippen molar-refractivity contribution in [3.63, 3.8) is 0 Å². The van der Waals surface area contributed by atoms with Gasteiger partial charge in [0.1, 0.15) is 5.76 Å². The van der Waals surface area contributed by atoms with Gasteiger partial charge in [-0.2, -0.15) is 0 Å². The summed E-state index contributed by atoms with van der Waals surface area (Å²) in [6.45, 7) is 23.3. The summed E-state index contributed by atoms with van der Waals surface area (Å²) in [5.41, 5.74) is 12.8. The number of rotatable bonds is 12. The standard InChI is InChI=1S/C36H32NS.C15H28O2.Ir/c1-22(2)15-26-16-23(3)34(24(4)17-26)32-20-33(37-35-25(5)21-38-36(32)35)29-18-28-13-9-10-14-30(28)31(19-29)27-11-7-6-8-12-27;1-7-14(5,8-2)12(16)11-13(17)15(6,9-3)10-4;/h6-14,16-17,19-22H,15H2,1-5H3;11,16H,7-10H2,1-6H3;/q-1;;/b;12-11-;. The van der Waals surface area contributed by atoms with Crippen LogP contribution >= 0.6 is 11.3 Å². The Morgan fingerprint density at radius 3 is 1.98 bits per heavy atom. The molecular weight excluding hydrogens is 883 g/mol. The quantitative estimate of drug-likeness (QED) is 0.0755. The number of aryl methyl sites for hydroxylation is 3. The van der Waals surface area contributed by atoms with Crippen LogP contribution in [0.5, 0.6) is 0 Å². The number of aliphatic hydroxyl groups is 1. The molecule has 1 N–H and O–H groups in total. The number of carbonyl (C=O) groups excluding carboxylic acids is 1. The predicted molar refractivity (Wildman–Crippen MR) is 238 cm³/mol. The number of nitrogens with zero attached hydrogens (tertiary/aromatic N) is 1. The second-order valence-corrected chi connectivity index (χ2v) is 17.2. The number of fused-ring (bicyclic) bond motifs is 2. The molecule has 0 saturated carbocycles. The number of aliphatic hydroxyl groups excluding tert-OH is 1. The molecule has 6 aromatic rings. The maximum Gasteiger partial charge on any atom is 0.164 e. The fourth-order valence-electron chi connectivity index (χ4n) is 7.42. The number of benzene rings is 4. The Hall–Kier alpha value is -3.89. The van der Waals surface area contributed by atoms with E-state index in [9.17, 15) is 9.90 Å². The Morgan fingerprint density at radius 1 is 0.804 bits per heavy atom. The molecule has 0 aliphatic rings. The first-order valence-corrected chi connectivity index (χ1v) is 21.0. The minimum Gasteiger partial charge on any atom is -0.512 e. The van der Waals surface area contributed by atoms with Crippen LogP contribution in [0.3, 0.4) is 0 Å². The summed E-state index contributed by atoms with van der Waals surface area (Å²) in [4.78, 5) is 17.4. The van der Waals surface area contributed by atoms with Crippen LogP contribution in [-0.4, -0.2) is 15.9 Å². The van der Waals surface area contributed by atoms with Crippen molar-refractivity contribution in [2.75, 3.05) is 0 Å². The van der Waals surface area contributed by atoms with Crippen molar-refractivity contribution in [1.82, 2.24) is 4.98 Å². The van der Waals surface area contributed by atoms with Crippen LogP contribution in [0.25, 0.3) is 54.5 Å². The number of thiophene rings is 1. The van der Waals surface area contributed by atoms with Gasteiger partial charge in [0.15, 0.2) is 5.78 Å². The van der Waals surface area contributed by atoms with Crippen molar-refractivity contribution in [3.05, 3.63) is 124 Å². The normalized spacial score (nSPS) is 12.1. The predicted octanol–water partition coefficient (Wildman–Crippen LogP) is 15.0. The van der Waals surface area contributed by atoms with E-state index in [1.807, 2.05) is 41.5 Å². The van der Waals surface area contributed by atoms with E-state index >= 15 is 0 Å². The Morgan fingerprint density at radius 2 is 1.39 bits per heavy atom. The zero-order valence-corrected chi connectivity index (χ0v) is 38.5. The molecule has 0 unspecified atom stereocenters. The molecule has 2 aromatic heterocycles. The van der Waals surface area contributed by atoms with Gasteiger partial charge >= 0.3 is 0 Å². The van der Waals surface area contributed by atoms with Crippen LogP contribution < -0.4 is 0 Å². The van der Waals surface area contributed by atoms with Gasteiger partial charge in [0.25, 0.3) is 0 Å². The summed E-state index contributed by atoms with van der Waals surface area (Å²) in [5.74, 6) is 0.926. The summed E-state index contributed by atoms with van der Waals surface area (Å²) < 4.78 is 1.26. The van der Waals surface area contributed by atoms with Gasteiger partial charge < -0.3 is 5.11 Å².